The van der Waals surface area contributed by atoms with Crippen LogP contribution in [0, 0.1) is 13.8 Å². The van der Waals surface area contributed by atoms with Gasteiger partial charge in [-0.1, -0.05) is 20.8 Å². The smallest absolute Gasteiger partial charge is 0.254 e. The van der Waals surface area contributed by atoms with Crippen LogP contribution in [0.25, 0.3) is 22.2 Å². The van der Waals surface area contributed by atoms with Crippen LogP contribution in [-0.2, 0) is 19.0 Å². The molecule has 0 unspecified atom stereocenters. The highest BCUT2D eigenvalue weighted by molar-refractivity contribution is 6.04. The molecule has 1 saturated heterocycles. The number of nitrogens with zero attached hydrogens (tertiary/aromatic N) is 6. The van der Waals surface area contributed by atoms with E-state index in [2.05, 4.69) is 72.4 Å². The van der Waals surface area contributed by atoms with Crippen LogP contribution in [0.2, 0.25) is 0 Å². The molecule has 2 atom stereocenters. The molecule has 0 aliphatic carbocycles. The van der Waals surface area contributed by atoms with Crippen molar-refractivity contribution in [2.24, 2.45) is 7.05 Å². The van der Waals surface area contributed by atoms with Crippen LogP contribution in [0.5, 0.6) is 0 Å². The molecule has 1 fully saturated rings. The Morgan fingerprint density at radius 2 is 1.87 bits per heavy atom. The largest absolute Gasteiger partial charge is 0.449 e. The summed E-state index contributed by atoms with van der Waals surface area (Å²) in [7, 11) is 2.04. The summed E-state index contributed by atoms with van der Waals surface area (Å²) in [5.41, 5.74) is 5.47. The molecule has 4 heterocycles. The third kappa shape index (κ3) is 4.85. The van der Waals surface area contributed by atoms with Crippen molar-refractivity contribution in [2.75, 3.05) is 13.1 Å². The molecule has 1 amide bonds. The van der Waals surface area contributed by atoms with Crippen molar-refractivity contribution in [3.05, 3.63) is 65.4 Å². The van der Waals surface area contributed by atoms with E-state index in [4.69, 9.17) is 9.40 Å². The Kier molecular flexibility index (Phi) is 6.63. The Hall–Kier alpha value is -3.52. The van der Waals surface area contributed by atoms with Gasteiger partial charge in [0.1, 0.15) is 12.1 Å². The van der Waals surface area contributed by atoms with Gasteiger partial charge in [0, 0.05) is 85.5 Å². The summed E-state index contributed by atoms with van der Waals surface area (Å²) in [6.07, 6.45) is 5.65. The van der Waals surface area contributed by atoms with E-state index < -0.39 is 0 Å². The lowest BCUT2D eigenvalue weighted by Crippen LogP contribution is -2.57. The minimum Gasteiger partial charge on any atom is -0.449 e. The Morgan fingerprint density at radius 1 is 1.11 bits per heavy atom. The van der Waals surface area contributed by atoms with Gasteiger partial charge in [0.15, 0.2) is 5.89 Å². The van der Waals surface area contributed by atoms with Crippen molar-refractivity contribution in [2.45, 2.75) is 72.5 Å². The van der Waals surface area contributed by atoms with Gasteiger partial charge in [-0.3, -0.25) is 9.69 Å². The fraction of sp³-hybridized carbons (Fsp3) is 0.467. The second-order valence-corrected chi connectivity index (χ2v) is 11.8. The van der Waals surface area contributed by atoms with E-state index in [1.165, 1.54) is 0 Å². The van der Waals surface area contributed by atoms with Gasteiger partial charge in [-0.25, -0.2) is 15.0 Å². The lowest BCUT2D eigenvalue weighted by molar-refractivity contribution is 0.0286. The molecule has 1 aliphatic heterocycles. The van der Waals surface area contributed by atoms with Crippen LogP contribution in [-0.4, -0.2) is 60.4 Å². The van der Waals surface area contributed by atoms with Crippen LogP contribution in [0.4, 0.5) is 0 Å². The summed E-state index contributed by atoms with van der Waals surface area (Å²) in [4.78, 5) is 32.2. The number of carbonyl (C=O) groups is 1. The minimum absolute atomic E-state index is 0.0771. The molecule has 8 nitrogen and oxygen atoms in total. The predicted octanol–water partition coefficient (Wildman–Crippen LogP) is 5.27. The molecule has 3 aromatic heterocycles. The van der Waals surface area contributed by atoms with Gasteiger partial charge in [0.25, 0.3) is 5.91 Å². The van der Waals surface area contributed by atoms with Crippen molar-refractivity contribution in [3.63, 3.8) is 0 Å². The fourth-order valence-corrected chi connectivity index (χ4v) is 5.38. The van der Waals surface area contributed by atoms with Crippen LogP contribution < -0.4 is 0 Å². The van der Waals surface area contributed by atoms with E-state index in [1.807, 2.05) is 38.1 Å². The number of benzene rings is 1. The summed E-state index contributed by atoms with van der Waals surface area (Å²) in [6.45, 7) is 16.7. The zero-order valence-corrected chi connectivity index (χ0v) is 23.7. The quantitative estimate of drug-likeness (QED) is 0.369. The number of hydrogen-bond acceptors (Lipinski definition) is 6. The first-order valence-electron chi connectivity index (χ1n) is 13.3. The minimum atomic E-state index is -0.153. The summed E-state index contributed by atoms with van der Waals surface area (Å²) in [5, 5.41) is 1.03. The number of rotatable bonds is 4. The number of oxazole rings is 1. The van der Waals surface area contributed by atoms with Gasteiger partial charge in [-0.2, -0.15) is 0 Å². The van der Waals surface area contributed by atoms with E-state index in [0.29, 0.717) is 12.4 Å². The van der Waals surface area contributed by atoms with Crippen molar-refractivity contribution in [1.29, 1.82) is 0 Å². The average Bonchev–Trinajstić information content (AvgIpc) is 3.42. The van der Waals surface area contributed by atoms with Gasteiger partial charge in [0.2, 0.25) is 0 Å². The average molecular weight is 515 g/mol. The van der Waals surface area contributed by atoms with E-state index in [9.17, 15) is 4.79 Å². The lowest BCUT2D eigenvalue weighted by Gasteiger charge is -2.44. The summed E-state index contributed by atoms with van der Waals surface area (Å²) >= 11 is 0. The number of carbonyl (C=O) groups excluding carboxylic acids is 1. The molecule has 4 aromatic rings. The monoisotopic (exact) mass is 514 g/mol. The summed E-state index contributed by atoms with van der Waals surface area (Å²) < 4.78 is 7.50. The molecule has 0 spiro atoms. The van der Waals surface area contributed by atoms with Crippen molar-refractivity contribution < 1.29 is 9.21 Å². The first-order chi connectivity index (χ1) is 17.9. The molecule has 1 aromatic carbocycles. The first-order valence-corrected chi connectivity index (χ1v) is 13.3. The van der Waals surface area contributed by atoms with Crippen molar-refractivity contribution >= 4 is 16.8 Å². The third-order valence-electron chi connectivity index (χ3n) is 7.58. The molecule has 8 heteroatoms. The number of piperazine rings is 1. The van der Waals surface area contributed by atoms with Gasteiger partial charge in [-0.15, -0.1) is 0 Å². The number of hydrogen-bond donors (Lipinski definition) is 0. The highest BCUT2D eigenvalue weighted by Gasteiger charge is 2.33. The Morgan fingerprint density at radius 3 is 2.55 bits per heavy atom. The maximum atomic E-state index is 14.0. The van der Waals surface area contributed by atoms with Crippen LogP contribution in [0.3, 0.4) is 0 Å². The molecular formula is C30H38N6O2. The van der Waals surface area contributed by atoms with Crippen LogP contribution >= 0.6 is 0 Å². The lowest BCUT2D eigenvalue weighted by atomic mass is 9.95. The highest BCUT2D eigenvalue weighted by Crippen LogP contribution is 2.33. The predicted molar refractivity (Wildman–Crippen MR) is 149 cm³/mol. The standard InChI is InChI=1S/C30H38N6O2/c1-18-11-27-24(25(16-34(27)8)26-9-10-31-29(33-26)30(5,6)7)12-23(18)28(37)36-14-19(2)35(13-20(36)3)15-22-17-38-21(4)32-22/h9-12,16-17,19-20H,13-15H2,1-8H3/t19-,20+/m0/s1. The topological polar surface area (TPSA) is 80.3 Å². The zero-order chi connectivity index (χ0) is 27.4. The maximum Gasteiger partial charge on any atom is 0.254 e. The van der Waals surface area contributed by atoms with Crippen molar-refractivity contribution in [3.8, 4) is 11.3 Å². The number of aryl methyl sites for hydroxylation is 3. The molecular weight excluding hydrogens is 476 g/mol. The molecule has 1 aliphatic rings. The van der Waals surface area contributed by atoms with Gasteiger partial charge in [0.05, 0.1) is 11.4 Å². The molecule has 0 N–H and O–H groups in total. The van der Waals surface area contributed by atoms with E-state index >= 15 is 0 Å². The van der Waals surface area contributed by atoms with Crippen LogP contribution in [0.15, 0.2) is 41.3 Å². The first kappa shape index (κ1) is 26.1. The van der Waals surface area contributed by atoms with Gasteiger partial charge in [-0.05, 0) is 44.5 Å². The maximum absolute atomic E-state index is 14.0. The Balaban J connectivity index is 1.46. The number of fused-ring (bicyclic) bond motifs is 1. The number of amides is 1. The van der Waals surface area contributed by atoms with Gasteiger partial charge >= 0.3 is 0 Å². The number of aromatic nitrogens is 4. The second kappa shape index (κ2) is 9.66. The molecule has 5 rings (SSSR count). The summed E-state index contributed by atoms with van der Waals surface area (Å²) in [5.74, 6) is 1.56. The third-order valence-corrected chi connectivity index (χ3v) is 7.58. The summed E-state index contributed by atoms with van der Waals surface area (Å²) in [6, 6.07) is 6.41. The highest BCUT2D eigenvalue weighted by atomic mass is 16.3. The second-order valence-electron chi connectivity index (χ2n) is 11.8. The SMILES string of the molecule is Cc1nc(CN2C[C@@H](C)N(C(=O)c3cc4c(-c5ccnc(C(C)(C)C)n5)cn(C)c4cc3C)C[C@@H]2C)co1. The van der Waals surface area contributed by atoms with E-state index in [1.54, 1.807) is 6.26 Å². The molecule has 200 valence electrons. The van der Waals surface area contributed by atoms with E-state index in [0.717, 1.165) is 57.9 Å². The fourth-order valence-electron chi connectivity index (χ4n) is 5.38. The Labute approximate surface area is 224 Å². The Bertz CT molecular complexity index is 1490. The molecule has 0 radical (unpaired) electrons. The molecule has 0 bridgehead atoms. The molecule has 38 heavy (non-hydrogen) atoms. The zero-order valence-electron chi connectivity index (χ0n) is 23.7. The molecule has 0 saturated carbocycles. The van der Waals surface area contributed by atoms with Crippen molar-refractivity contribution in [1.82, 2.24) is 29.3 Å². The van der Waals surface area contributed by atoms with Gasteiger partial charge < -0.3 is 13.9 Å². The van der Waals surface area contributed by atoms with E-state index in [-0.39, 0.29) is 23.4 Å². The normalized spacial score (nSPS) is 18.9. The van der Waals surface area contributed by atoms with Crippen LogP contribution in [0.1, 0.15) is 67.9 Å².